The van der Waals surface area contributed by atoms with E-state index in [9.17, 15) is 4.79 Å². The summed E-state index contributed by atoms with van der Waals surface area (Å²) in [5.74, 6) is -0.117. The maximum Gasteiger partial charge on any atom is 0.237 e. The molecule has 12 heavy (non-hydrogen) atoms. The fourth-order valence-corrected chi connectivity index (χ4v) is 1.32. The molecule has 1 fully saturated rings. The standard InChI is InChI=1S/C7H11N3O.ClH/c8-4-6-2-1-3-10(6)7(11)5-9;/h6H,1-3,5,9H2;1H/t6-;/m0./s1. The van der Waals surface area contributed by atoms with Gasteiger partial charge >= 0.3 is 0 Å². The van der Waals surface area contributed by atoms with E-state index in [4.69, 9.17) is 11.0 Å². The zero-order valence-corrected chi connectivity index (χ0v) is 7.51. The summed E-state index contributed by atoms with van der Waals surface area (Å²) in [4.78, 5) is 12.6. The van der Waals surface area contributed by atoms with Gasteiger partial charge in [-0.15, -0.1) is 12.4 Å². The molecular weight excluding hydrogens is 178 g/mol. The van der Waals surface area contributed by atoms with Crippen molar-refractivity contribution in [2.75, 3.05) is 13.1 Å². The first-order valence-corrected chi connectivity index (χ1v) is 3.68. The molecule has 0 radical (unpaired) electrons. The van der Waals surface area contributed by atoms with E-state index >= 15 is 0 Å². The Labute approximate surface area is 77.7 Å². The van der Waals surface area contributed by atoms with E-state index in [0.717, 1.165) is 12.8 Å². The number of carbonyl (C=O) groups excluding carboxylic acids is 1. The zero-order valence-electron chi connectivity index (χ0n) is 6.69. The van der Waals surface area contributed by atoms with Crippen molar-refractivity contribution in [1.82, 2.24) is 4.90 Å². The van der Waals surface area contributed by atoms with E-state index in [2.05, 4.69) is 6.07 Å². The van der Waals surface area contributed by atoms with Gasteiger partial charge in [0, 0.05) is 6.54 Å². The van der Waals surface area contributed by atoms with Crippen LogP contribution in [0.4, 0.5) is 0 Å². The first-order valence-electron chi connectivity index (χ1n) is 3.68. The molecule has 1 atom stereocenters. The topological polar surface area (TPSA) is 70.1 Å². The van der Waals surface area contributed by atoms with Crippen LogP contribution in [0.2, 0.25) is 0 Å². The number of nitriles is 1. The lowest BCUT2D eigenvalue weighted by molar-refractivity contribution is -0.129. The van der Waals surface area contributed by atoms with Crippen molar-refractivity contribution in [3.05, 3.63) is 0 Å². The summed E-state index contributed by atoms with van der Waals surface area (Å²) in [7, 11) is 0. The lowest BCUT2D eigenvalue weighted by atomic mass is 10.2. The van der Waals surface area contributed by atoms with Crippen LogP contribution >= 0.6 is 12.4 Å². The van der Waals surface area contributed by atoms with Crippen LogP contribution in [0.5, 0.6) is 0 Å². The Morgan fingerprint density at radius 1 is 1.75 bits per heavy atom. The van der Waals surface area contributed by atoms with Gasteiger partial charge in [-0.25, -0.2) is 0 Å². The highest BCUT2D eigenvalue weighted by atomic mass is 35.5. The third kappa shape index (κ3) is 2.10. The Bertz CT molecular complexity index is 201. The molecule has 0 aromatic carbocycles. The molecule has 1 rings (SSSR count). The molecule has 0 aromatic heterocycles. The van der Waals surface area contributed by atoms with Gasteiger partial charge in [0.05, 0.1) is 12.6 Å². The van der Waals surface area contributed by atoms with Crippen LogP contribution in [0.3, 0.4) is 0 Å². The van der Waals surface area contributed by atoms with Crippen molar-refractivity contribution in [3.8, 4) is 6.07 Å². The molecule has 0 aromatic rings. The Morgan fingerprint density at radius 2 is 2.42 bits per heavy atom. The smallest absolute Gasteiger partial charge is 0.237 e. The third-order valence-corrected chi connectivity index (χ3v) is 1.90. The van der Waals surface area contributed by atoms with E-state index in [1.165, 1.54) is 0 Å². The average Bonchev–Trinajstić information content (AvgIpc) is 2.50. The second-order valence-electron chi connectivity index (χ2n) is 2.58. The van der Waals surface area contributed by atoms with Crippen LogP contribution in [0.15, 0.2) is 0 Å². The molecular formula is C7H12ClN3O. The summed E-state index contributed by atoms with van der Waals surface area (Å²) >= 11 is 0. The fourth-order valence-electron chi connectivity index (χ4n) is 1.32. The highest BCUT2D eigenvalue weighted by molar-refractivity contribution is 5.85. The van der Waals surface area contributed by atoms with E-state index < -0.39 is 0 Å². The molecule has 2 N–H and O–H groups in total. The molecule has 68 valence electrons. The monoisotopic (exact) mass is 189 g/mol. The van der Waals surface area contributed by atoms with Gasteiger partial charge in [0.1, 0.15) is 6.04 Å². The van der Waals surface area contributed by atoms with Gasteiger partial charge < -0.3 is 10.6 Å². The predicted molar refractivity (Wildman–Crippen MR) is 46.7 cm³/mol. The molecule has 1 amide bonds. The number of nitrogens with two attached hydrogens (primary N) is 1. The lowest BCUT2D eigenvalue weighted by Crippen LogP contribution is -2.38. The molecule has 0 spiro atoms. The summed E-state index contributed by atoms with van der Waals surface area (Å²) in [6, 6.07) is 1.85. The lowest BCUT2D eigenvalue weighted by Gasteiger charge is -2.17. The van der Waals surface area contributed by atoms with Crippen molar-refractivity contribution in [2.45, 2.75) is 18.9 Å². The average molecular weight is 190 g/mol. The second kappa shape index (κ2) is 4.96. The maximum atomic E-state index is 11.0. The zero-order chi connectivity index (χ0) is 8.27. The van der Waals surface area contributed by atoms with E-state index in [-0.39, 0.29) is 30.9 Å². The number of halogens is 1. The Balaban J connectivity index is 0.00000121. The first-order chi connectivity index (χ1) is 5.29. The highest BCUT2D eigenvalue weighted by Gasteiger charge is 2.27. The maximum absolute atomic E-state index is 11.0. The minimum Gasteiger partial charge on any atom is -0.326 e. The number of rotatable bonds is 1. The molecule has 0 bridgehead atoms. The van der Waals surface area contributed by atoms with Crippen LogP contribution in [0, 0.1) is 11.3 Å². The molecule has 1 saturated heterocycles. The van der Waals surface area contributed by atoms with Crippen molar-refractivity contribution in [2.24, 2.45) is 5.73 Å². The molecule has 1 heterocycles. The molecule has 4 nitrogen and oxygen atoms in total. The summed E-state index contributed by atoms with van der Waals surface area (Å²) in [5, 5.41) is 8.60. The van der Waals surface area contributed by atoms with Crippen molar-refractivity contribution < 1.29 is 4.79 Å². The minimum absolute atomic E-state index is 0. The molecule has 0 aliphatic carbocycles. The summed E-state index contributed by atoms with van der Waals surface area (Å²) in [6.45, 7) is 0.701. The largest absolute Gasteiger partial charge is 0.326 e. The van der Waals surface area contributed by atoms with Crippen LogP contribution < -0.4 is 5.73 Å². The van der Waals surface area contributed by atoms with Crippen LogP contribution in [-0.2, 0) is 4.79 Å². The molecule has 1 aliphatic heterocycles. The quantitative estimate of drug-likeness (QED) is 0.626. The van der Waals surface area contributed by atoms with Crippen LogP contribution in [-0.4, -0.2) is 29.9 Å². The van der Waals surface area contributed by atoms with Gasteiger partial charge in [-0.05, 0) is 12.8 Å². The second-order valence-corrected chi connectivity index (χ2v) is 2.58. The van der Waals surface area contributed by atoms with Gasteiger partial charge in [-0.3, -0.25) is 4.79 Å². The Kier molecular flexibility index (Phi) is 4.64. The number of likely N-dealkylation sites (tertiary alicyclic amines) is 1. The molecule has 0 unspecified atom stereocenters. The SMILES string of the molecule is Cl.N#C[C@@H]1CCCN1C(=O)CN. The summed E-state index contributed by atoms with van der Waals surface area (Å²) < 4.78 is 0. The normalized spacial score (nSPS) is 21.3. The number of hydrogen-bond donors (Lipinski definition) is 1. The van der Waals surface area contributed by atoms with Gasteiger partial charge in [0.25, 0.3) is 0 Å². The van der Waals surface area contributed by atoms with Gasteiger partial charge in [-0.1, -0.05) is 0 Å². The van der Waals surface area contributed by atoms with Crippen molar-refractivity contribution >= 4 is 18.3 Å². The van der Waals surface area contributed by atoms with Crippen LogP contribution in [0.1, 0.15) is 12.8 Å². The van der Waals surface area contributed by atoms with Gasteiger partial charge in [0.15, 0.2) is 0 Å². The number of nitrogens with zero attached hydrogens (tertiary/aromatic N) is 2. The molecule has 5 heteroatoms. The molecule has 0 saturated carbocycles. The number of amides is 1. The summed E-state index contributed by atoms with van der Waals surface area (Å²) in [5.41, 5.74) is 5.17. The summed E-state index contributed by atoms with van der Waals surface area (Å²) in [6.07, 6.45) is 1.71. The van der Waals surface area contributed by atoms with Gasteiger partial charge in [0.2, 0.25) is 5.91 Å². The first kappa shape index (κ1) is 11.2. The Hall–Kier alpha value is -0.790. The predicted octanol–water partition coefficient (Wildman–Crippen LogP) is -0.119. The highest BCUT2D eigenvalue weighted by Crippen LogP contribution is 2.15. The van der Waals surface area contributed by atoms with Crippen LogP contribution in [0.25, 0.3) is 0 Å². The number of carbonyl (C=O) groups is 1. The fraction of sp³-hybridized carbons (Fsp3) is 0.714. The molecule has 1 aliphatic rings. The van der Waals surface area contributed by atoms with Gasteiger partial charge in [-0.2, -0.15) is 5.26 Å². The Morgan fingerprint density at radius 3 is 2.92 bits per heavy atom. The number of hydrogen-bond acceptors (Lipinski definition) is 3. The third-order valence-electron chi connectivity index (χ3n) is 1.90. The van der Waals surface area contributed by atoms with Crippen molar-refractivity contribution in [1.29, 1.82) is 5.26 Å². The van der Waals surface area contributed by atoms with E-state index in [0.29, 0.717) is 6.54 Å². The van der Waals surface area contributed by atoms with E-state index in [1.54, 1.807) is 4.90 Å². The minimum atomic E-state index is -0.231. The van der Waals surface area contributed by atoms with E-state index in [1.807, 2.05) is 0 Å². The van der Waals surface area contributed by atoms with Crippen molar-refractivity contribution in [3.63, 3.8) is 0 Å².